The third-order valence-electron chi connectivity index (χ3n) is 6.35. The third-order valence-corrected chi connectivity index (χ3v) is 7.72. The van der Waals surface area contributed by atoms with Crippen molar-refractivity contribution in [3.8, 4) is 6.07 Å². The summed E-state index contributed by atoms with van der Waals surface area (Å²) in [6, 6.07) is 2.03. The second kappa shape index (κ2) is 11.2. The lowest BCUT2D eigenvalue weighted by molar-refractivity contribution is -0.137. The van der Waals surface area contributed by atoms with Gasteiger partial charge in [-0.3, -0.25) is 23.9 Å². The Labute approximate surface area is 209 Å². The van der Waals surface area contributed by atoms with Crippen LogP contribution < -0.4 is 10.5 Å². The molecule has 3 rings (SSSR count). The van der Waals surface area contributed by atoms with Gasteiger partial charge in [0.15, 0.2) is 0 Å². The zero-order valence-electron chi connectivity index (χ0n) is 19.8. The van der Waals surface area contributed by atoms with Crippen molar-refractivity contribution in [2.45, 2.75) is 52.4 Å². The first-order chi connectivity index (χ1) is 16.1. The summed E-state index contributed by atoms with van der Waals surface area (Å²) in [7, 11) is 1.68. The number of nitrogens with zero attached hydrogens (tertiary/aromatic N) is 4. The molecule has 0 bridgehead atoms. The van der Waals surface area contributed by atoms with Gasteiger partial charge in [-0.2, -0.15) is 5.26 Å². The van der Waals surface area contributed by atoms with Crippen molar-refractivity contribution in [1.82, 2.24) is 9.47 Å². The van der Waals surface area contributed by atoms with Gasteiger partial charge in [0.25, 0.3) is 11.5 Å². The lowest BCUT2D eigenvalue weighted by Gasteiger charge is -2.35. The molecular weight excluding hydrogens is 472 g/mol. The van der Waals surface area contributed by atoms with Gasteiger partial charge in [0.05, 0.1) is 4.91 Å². The molecule has 2 fully saturated rings. The number of carboxylic acids is 1. The maximum atomic E-state index is 13.2. The minimum Gasteiger partial charge on any atom is -0.481 e. The number of aromatic nitrogens is 1. The summed E-state index contributed by atoms with van der Waals surface area (Å²) in [4.78, 5) is 40.9. The first kappa shape index (κ1) is 26.0. The molecule has 1 N–H and O–H groups in total. The van der Waals surface area contributed by atoms with E-state index in [0.717, 1.165) is 31.7 Å². The van der Waals surface area contributed by atoms with Crippen LogP contribution in [0.1, 0.15) is 62.1 Å². The number of aliphatic carboxylic acids is 1. The Morgan fingerprint density at radius 1 is 1.32 bits per heavy atom. The number of anilines is 1. The van der Waals surface area contributed by atoms with Crippen LogP contribution in [0.3, 0.4) is 0 Å². The molecule has 10 heteroatoms. The molecule has 1 unspecified atom stereocenters. The largest absolute Gasteiger partial charge is 0.481 e. The fourth-order valence-electron chi connectivity index (χ4n) is 4.52. The van der Waals surface area contributed by atoms with Crippen LogP contribution in [-0.4, -0.2) is 50.4 Å². The van der Waals surface area contributed by atoms with Crippen molar-refractivity contribution in [2.24, 2.45) is 13.0 Å². The summed E-state index contributed by atoms with van der Waals surface area (Å²) in [6.07, 6.45) is 5.95. The number of piperidine rings is 1. The second-order valence-corrected chi connectivity index (χ2v) is 10.6. The maximum Gasteiger partial charge on any atom is 0.303 e. The number of carbonyl (C=O) groups excluding carboxylic acids is 1. The van der Waals surface area contributed by atoms with Gasteiger partial charge in [0.2, 0.25) is 0 Å². The molecule has 1 amide bonds. The highest BCUT2D eigenvalue weighted by Crippen LogP contribution is 2.36. The van der Waals surface area contributed by atoms with Crippen LogP contribution in [0.15, 0.2) is 9.70 Å². The van der Waals surface area contributed by atoms with Crippen LogP contribution in [0.5, 0.6) is 0 Å². The van der Waals surface area contributed by atoms with E-state index in [0.29, 0.717) is 52.1 Å². The molecule has 0 aromatic carbocycles. The van der Waals surface area contributed by atoms with Crippen LogP contribution in [0.2, 0.25) is 0 Å². The van der Waals surface area contributed by atoms with Crippen molar-refractivity contribution < 1.29 is 14.7 Å². The molecule has 1 aromatic rings. The average Bonchev–Trinajstić information content (AvgIpc) is 3.04. The molecule has 0 spiro atoms. The molecule has 8 nitrogen and oxygen atoms in total. The van der Waals surface area contributed by atoms with E-state index in [2.05, 4.69) is 11.8 Å². The molecule has 0 aliphatic carbocycles. The van der Waals surface area contributed by atoms with Gasteiger partial charge in [-0.1, -0.05) is 37.3 Å². The summed E-state index contributed by atoms with van der Waals surface area (Å²) in [5, 5.41) is 18.4. The van der Waals surface area contributed by atoms with Crippen molar-refractivity contribution in [3.05, 3.63) is 31.9 Å². The molecule has 0 saturated carbocycles. The maximum absolute atomic E-state index is 13.2. The number of carbonyl (C=O) groups is 2. The number of hydrogen-bond acceptors (Lipinski definition) is 7. The third kappa shape index (κ3) is 5.53. The summed E-state index contributed by atoms with van der Waals surface area (Å²) in [5.41, 5.74) is 1.02. The summed E-state index contributed by atoms with van der Waals surface area (Å²) in [6.45, 7) is 5.99. The van der Waals surface area contributed by atoms with E-state index >= 15 is 0 Å². The van der Waals surface area contributed by atoms with E-state index in [1.165, 1.54) is 16.3 Å². The highest BCUT2D eigenvalue weighted by Gasteiger charge is 2.33. The predicted octanol–water partition coefficient (Wildman–Crippen LogP) is 3.65. The smallest absolute Gasteiger partial charge is 0.303 e. The van der Waals surface area contributed by atoms with Crippen LogP contribution in [-0.2, 0) is 16.6 Å². The zero-order valence-corrected chi connectivity index (χ0v) is 21.4. The summed E-state index contributed by atoms with van der Waals surface area (Å²) in [5.74, 6) is 0.189. The van der Waals surface area contributed by atoms with Crippen molar-refractivity contribution in [3.63, 3.8) is 0 Å². The number of nitriles is 1. The first-order valence-electron chi connectivity index (χ1n) is 11.5. The van der Waals surface area contributed by atoms with Crippen LogP contribution in [0.25, 0.3) is 6.08 Å². The lowest BCUT2D eigenvalue weighted by atomic mass is 9.98. The number of thiocarbonyl (C=S) groups is 1. The molecule has 0 radical (unpaired) electrons. The van der Waals surface area contributed by atoms with Crippen LogP contribution in [0, 0.1) is 24.2 Å². The van der Waals surface area contributed by atoms with E-state index in [9.17, 15) is 19.6 Å². The summed E-state index contributed by atoms with van der Waals surface area (Å²) >= 11 is 6.67. The number of pyridine rings is 1. The Morgan fingerprint density at radius 3 is 2.71 bits per heavy atom. The SMILES string of the molecule is Cc1c(/C=C2\SC(=S)N(CCCCCC(=O)O)C2=O)c(N2CCCC(C)C2)n(C)c(=O)c1C#N. The van der Waals surface area contributed by atoms with Gasteiger partial charge in [-0.25, -0.2) is 0 Å². The van der Waals surface area contributed by atoms with E-state index in [4.69, 9.17) is 17.3 Å². The van der Waals surface area contributed by atoms with E-state index in [-0.39, 0.29) is 23.5 Å². The molecule has 1 atom stereocenters. The Balaban J connectivity index is 1.94. The lowest BCUT2D eigenvalue weighted by Crippen LogP contribution is -2.39. The standard InChI is InChI=1S/C24H30N4O4S2/c1-15-8-7-10-27(14-15)21-17(16(2)18(13-25)22(31)26(21)3)12-19-23(32)28(24(33)34-19)11-6-4-5-9-20(29)30/h12,15H,4-11,14H2,1-3H3,(H,29,30)/b19-12-. The zero-order chi connectivity index (χ0) is 25.0. The quantitative estimate of drug-likeness (QED) is 0.326. The summed E-state index contributed by atoms with van der Waals surface area (Å²) < 4.78 is 1.99. The van der Waals surface area contributed by atoms with Gasteiger partial charge in [-0.05, 0) is 50.2 Å². The molecule has 34 heavy (non-hydrogen) atoms. The number of thioether (sulfide) groups is 1. The molecule has 2 aliphatic heterocycles. The first-order valence-corrected chi connectivity index (χ1v) is 12.7. The molecular formula is C24H30N4O4S2. The number of unbranched alkanes of at least 4 members (excludes halogenated alkanes) is 2. The van der Waals surface area contributed by atoms with Gasteiger partial charge < -0.3 is 10.0 Å². The average molecular weight is 503 g/mol. The van der Waals surface area contributed by atoms with E-state index in [1.54, 1.807) is 24.9 Å². The fourth-order valence-corrected chi connectivity index (χ4v) is 5.81. The minimum absolute atomic E-state index is 0.0801. The molecule has 3 heterocycles. The molecule has 2 aliphatic rings. The highest BCUT2D eigenvalue weighted by atomic mass is 32.2. The number of rotatable bonds is 8. The monoisotopic (exact) mass is 502 g/mol. The van der Waals surface area contributed by atoms with Crippen molar-refractivity contribution >= 4 is 52.1 Å². The number of hydrogen-bond donors (Lipinski definition) is 1. The van der Waals surface area contributed by atoms with E-state index in [1.807, 2.05) is 6.07 Å². The minimum atomic E-state index is -0.822. The van der Waals surface area contributed by atoms with Crippen molar-refractivity contribution in [1.29, 1.82) is 5.26 Å². The Morgan fingerprint density at radius 2 is 2.06 bits per heavy atom. The Bertz CT molecular complexity index is 1140. The van der Waals surface area contributed by atoms with Crippen LogP contribution in [0.4, 0.5) is 5.82 Å². The predicted molar refractivity (Wildman–Crippen MR) is 138 cm³/mol. The van der Waals surface area contributed by atoms with Crippen molar-refractivity contribution in [2.75, 3.05) is 24.5 Å². The van der Waals surface area contributed by atoms with Crippen LogP contribution >= 0.6 is 24.0 Å². The Kier molecular flexibility index (Phi) is 8.55. The van der Waals surface area contributed by atoms with Gasteiger partial charge >= 0.3 is 5.97 Å². The van der Waals surface area contributed by atoms with Gasteiger partial charge in [0.1, 0.15) is 21.8 Å². The Hall–Kier alpha value is -2.64. The van der Waals surface area contributed by atoms with E-state index < -0.39 is 5.97 Å². The fraction of sp³-hybridized carbons (Fsp3) is 0.542. The van der Waals surface area contributed by atoms with Gasteiger partial charge in [0, 0.05) is 38.7 Å². The number of amides is 1. The topological polar surface area (TPSA) is 107 Å². The number of carboxylic acid groups (broad SMARTS) is 1. The molecule has 182 valence electrons. The normalized spacial score (nSPS) is 19.7. The molecule has 1 aromatic heterocycles. The van der Waals surface area contributed by atoms with Gasteiger partial charge in [-0.15, -0.1) is 0 Å². The highest BCUT2D eigenvalue weighted by molar-refractivity contribution is 8.26. The second-order valence-electron chi connectivity index (χ2n) is 8.94. The molecule has 2 saturated heterocycles.